The van der Waals surface area contributed by atoms with Gasteiger partial charge in [-0.3, -0.25) is 9.59 Å². The normalized spacial score (nSPS) is 20.5. The number of halogens is 1. The van der Waals surface area contributed by atoms with Gasteiger partial charge in [0.15, 0.2) is 0 Å². The van der Waals surface area contributed by atoms with Crippen LogP contribution >= 0.6 is 0 Å². The Hall–Kier alpha value is -3.49. The van der Waals surface area contributed by atoms with Crippen LogP contribution in [0.3, 0.4) is 0 Å². The maximum Gasteiger partial charge on any atom is 0.332 e. The Morgan fingerprint density at radius 3 is 2.45 bits per heavy atom. The average Bonchev–Trinajstić information content (AvgIpc) is 2.88. The van der Waals surface area contributed by atoms with Crippen LogP contribution in [-0.4, -0.2) is 65.4 Å². The third-order valence-corrected chi connectivity index (χ3v) is 5.49. The summed E-state index contributed by atoms with van der Waals surface area (Å²) in [4.78, 5) is 47.7. The molecule has 2 fully saturated rings. The van der Waals surface area contributed by atoms with Gasteiger partial charge in [-0.1, -0.05) is 13.8 Å². The quantitative estimate of drug-likeness (QED) is 0.705. The van der Waals surface area contributed by atoms with Crippen molar-refractivity contribution in [2.24, 2.45) is 5.41 Å². The topological polar surface area (TPSA) is 83.0 Å². The molecule has 1 unspecified atom stereocenters. The predicted octanol–water partition coefficient (Wildman–Crippen LogP) is 2.55. The monoisotopic (exact) mass is 426 g/mol. The van der Waals surface area contributed by atoms with Crippen LogP contribution in [0.4, 0.5) is 14.9 Å². The Kier molecular flexibility index (Phi) is 5.12. The molecule has 162 valence electrons. The van der Waals surface area contributed by atoms with Crippen molar-refractivity contribution in [1.82, 2.24) is 14.8 Å². The molecule has 2 aliphatic heterocycles. The maximum atomic E-state index is 13.3. The molecule has 2 saturated heterocycles. The molecule has 1 aromatic carbocycles. The third-order valence-electron chi connectivity index (χ3n) is 5.49. The van der Waals surface area contributed by atoms with Crippen LogP contribution < -0.4 is 9.64 Å². The van der Waals surface area contributed by atoms with Crippen molar-refractivity contribution in [3.05, 3.63) is 54.0 Å². The number of carbonyl (C=O) groups excluding carboxylic acids is 3. The SMILES string of the molecule is COc1ccc(C(=O)N2CC3C(=O)N(c4ccc(F)cc4)C(=O)N3CC(C)(C)C2)cn1. The summed E-state index contributed by atoms with van der Waals surface area (Å²) in [5, 5.41) is 0. The van der Waals surface area contributed by atoms with E-state index in [9.17, 15) is 18.8 Å². The Labute approximate surface area is 179 Å². The number of aromatic nitrogens is 1. The van der Waals surface area contributed by atoms with E-state index in [1.54, 1.807) is 17.0 Å². The van der Waals surface area contributed by atoms with Crippen molar-refractivity contribution in [2.75, 3.05) is 31.6 Å². The molecule has 9 heteroatoms. The first-order valence-electron chi connectivity index (χ1n) is 9.90. The van der Waals surface area contributed by atoms with Crippen LogP contribution in [0.15, 0.2) is 42.6 Å². The van der Waals surface area contributed by atoms with Crippen molar-refractivity contribution in [3.8, 4) is 5.88 Å². The third kappa shape index (κ3) is 3.83. The first-order chi connectivity index (χ1) is 14.7. The number of ether oxygens (including phenoxy) is 1. The molecule has 0 bridgehead atoms. The van der Waals surface area contributed by atoms with Crippen LogP contribution in [0.1, 0.15) is 24.2 Å². The van der Waals surface area contributed by atoms with Gasteiger partial charge < -0.3 is 14.5 Å². The smallest absolute Gasteiger partial charge is 0.332 e. The minimum Gasteiger partial charge on any atom is -0.481 e. The minimum atomic E-state index is -0.811. The Bertz CT molecular complexity index is 1020. The van der Waals surface area contributed by atoms with Crippen molar-refractivity contribution in [2.45, 2.75) is 19.9 Å². The van der Waals surface area contributed by atoms with Gasteiger partial charge in [0.05, 0.1) is 24.9 Å². The molecule has 1 atom stereocenters. The van der Waals surface area contributed by atoms with Crippen molar-refractivity contribution in [3.63, 3.8) is 0 Å². The molecule has 3 heterocycles. The van der Waals surface area contributed by atoms with Gasteiger partial charge in [-0.2, -0.15) is 0 Å². The molecular weight excluding hydrogens is 403 g/mol. The van der Waals surface area contributed by atoms with E-state index in [-0.39, 0.29) is 12.5 Å². The van der Waals surface area contributed by atoms with E-state index in [1.807, 2.05) is 13.8 Å². The number of amides is 4. The van der Waals surface area contributed by atoms with Crippen LogP contribution in [-0.2, 0) is 4.79 Å². The highest BCUT2D eigenvalue weighted by molar-refractivity contribution is 6.21. The van der Waals surface area contributed by atoms with E-state index in [2.05, 4.69) is 4.98 Å². The molecule has 1 aromatic heterocycles. The van der Waals surface area contributed by atoms with E-state index in [0.717, 1.165) is 4.90 Å². The van der Waals surface area contributed by atoms with Gasteiger partial charge in [-0.05, 0) is 30.3 Å². The lowest BCUT2D eigenvalue weighted by molar-refractivity contribution is -0.119. The number of urea groups is 1. The molecule has 2 aromatic rings. The Balaban J connectivity index is 1.64. The van der Waals surface area contributed by atoms with Crippen LogP contribution in [0.5, 0.6) is 5.88 Å². The largest absolute Gasteiger partial charge is 0.481 e. The zero-order valence-electron chi connectivity index (χ0n) is 17.5. The van der Waals surface area contributed by atoms with Gasteiger partial charge in [-0.15, -0.1) is 0 Å². The average molecular weight is 426 g/mol. The highest BCUT2D eigenvalue weighted by Crippen LogP contribution is 2.33. The van der Waals surface area contributed by atoms with Gasteiger partial charge in [0.25, 0.3) is 11.8 Å². The van der Waals surface area contributed by atoms with Gasteiger partial charge >= 0.3 is 6.03 Å². The molecule has 0 aliphatic carbocycles. The van der Waals surface area contributed by atoms with Crippen LogP contribution in [0.2, 0.25) is 0 Å². The summed E-state index contributed by atoms with van der Waals surface area (Å²) in [5.41, 5.74) is 0.232. The first-order valence-corrected chi connectivity index (χ1v) is 9.90. The fourth-order valence-corrected chi connectivity index (χ4v) is 4.09. The first kappa shape index (κ1) is 20.8. The summed E-state index contributed by atoms with van der Waals surface area (Å²) in [6.07, 6.45) is 1.43. The van der Waals surface area contributed by atoms with Crippen molar-refractivity contribution in [1.29, 1.82) is 0 Å². The molecule has 0 N–H and O–H groups in total. The van der Waals surface area contributed by atoms with Gasteiger partial charge in [0, 0.05) is 30.8 Å². The number of pyridine rings is 1. The van der Waals surface area contributed by atoms with Crippen molar-refractivity contribution >= 4 is 23.5 Å². The van der Waals surface area contributed by atoms with E-state index < -0.39 is 29.2 Å². The number of carbonyl (C=O) groups is 3. The Morgan fingerprint density at radius 2 is 1.84 bits per heavy atom. The second-order valence-electron chi connectivity index (χ2n) is 8.52. The standard InChI is InChI=1S/C22H23FN4O4/c1-22(2)12-25(19(28)14-4-9-18(31-3)24-10-14)11-17-20(29)27(21(30)26(17)13-22)16-7-5-15(23)6-8-16/h4-10,17H,11-13H2,1-3H3. The second-order valence-corrected chi connectivity index (χ2v) is 8.52. The van der Waals surface area contributed by atoms with E-state index in [4.69, 9.17) is 4.74 Å². The predicted molar refractivity (Wildman–Crippen MR) is 110 cm³/mol. The number of methoxy groups -OCH3 is 1. The lowest BCUT2D eigenvalue weighted by Gasteiger charge is -2.30. The summed E-state index contributed by atoms with van der Waals surface area (Å²) in [5.74, 6) is -0.765. The number of hydrogen-bond donors (Lipinski definition) is 0. The molecule has 8 nitrogen and oxygen atoms in total. The summed E-state index contributed by atoms with van der Waals surface area (Å²) in [6, 6.07) is 7.15. The highest BCUT2D eigenvalue weighted by Gasteiger charge is 2.50. The van der Waals surface area contributed by atoms with Gasteiger partial charge in [0.2, 0.25) is 5.88 Å². The maximum absolute atomic E-state index is 13.3. The summed E-state index contributed by atoms with van der Waals surface area (Å²) in [6.45, 7) is 4.64. The molecule has 4 rings (SSSR count). The van der Waals surface area contributed by atoms with Gasteiger partial charge in [0.1, 0.15) is 11.9 Å². The fourth-order valence-electron chi connectivity index (χ4n) is 4.09. The summed E-state index contributed by atoms with van der Waals surface area (Å²) >= 11 is 0. The number of benzene rings is 1. The summed E-state index contributed by atoms with van der Waals surface area (Å²) in [7, 11) is 1.49. The zero-order chi connectivity index (χ0) is 22.3. The fraction of sp³-hybridized carbons (Fsp3) is 0.364. The number of fused-ring (bicyclic) bond motifs is 1. The number of anilines is 1. The number of imide groups is 1. The molecule has 0 spiro atoms. The van der Waals surface area contributed by atoms with Crippen LogP contribution in [0, 0.1) is 11.2 Å². The van der Waals surface area contributed by atoms with Gasteiger partial charge in [-0.25, -0.2) is 19.1 Å². The number of hydrogen-bond acceptors (Lipinski definition) is 5. The minimum absolute atomic E-state index is 0.0660. The van der Waals surface area contributed by atoms with E-state index >= 15 is 0 Å². The molecule has 31 heavy (non-hydrogen) atoms. The lowest BCUT2D eigenvalue weighted by atomic mass is 9.92. The molecule has 4 amide bonds. The number of nitrogens with zero attached hydrogens (tertiary/aromatic N) is 4. The molecule has 0 radical (unpaired) electrons. The molecule has 0 saturated carbocycles. The van der Waals surface area contributed by atoms with E-state index in [1.165, 1.54) is 42.5 Å². The summed E-state index contributed by atoms with van der Waals surface area (Å²) < 4.78 is 18.3. The van der Waals surface area contributed by atoms with Crippen LogP contribution in [0.25, 0.3) is 0 Å². The lowest BCUT2D eigenvalue weighted by Crippen LogP contribution is -2.44. The second kappa shape index (κ2) is 7.64. The molecular formula is C22H23FN4O4. The van der Waals surface area contributed by atoms with Crippen molar-refractivity contribution < 1.29 is 23.5 Å². The number of rotatable bonds is 3. The Morgan fingerprint density at radius 1 is 1.13 bits per heavy atom. The highest BCUT2D eigenvalue weighted by atomic mass is 19.1. The molecule has 2 aliphatic rings. The zero-order valence-corrected chi connectivity index (χ0v) is 17.5. The van der Waals surface area contributed by atoms with E-state index in [0.29, 0.717) is 30.2 Å².